The average Bonchev–Trinajstić information content (AvgIpc) is 3.37. The SMILES string of the molecule is BC(F)(F)c1cn2c(n1)CCC=C2NC1CCC(NC(=O)c2cnn(CC)c2)CC1. The van der Waals surface area contributed by atoms with Crippen molar-refractivity contribution in [3.05, 3.63) is 41.7 Å². The van der Waals surface area contributed by atoms with Crippen LogP contribution in [0.1, 0.15) is 60.9 Å². The molecule has 160 valence electrons. The van der Waals surface area contributed by atoms with E-state index in [1.54, 1.807) is 21.6 Å². The van der Waals surface area contributed by atoms with E-state index in [9.17, 15) is 13.6 Å². The van der Waals surface area contributed by atoms with Crippen molar-refractivity contribution in [1.82, 2.24) is 30.0 Å². The summed E-state index contributed by atoms with van der Waals surface area (Å²) in [5.74, 6) is -1.53. The number of amides is 1. The molecule has 0 bridgehead atoms. The number of nitrogens with one attached hydrogen (secondary N) is 2. The second-order valence-electron chi connectivity index (χ2n) is 8.18. The molecule has 0 saturated heterocycles. The lowest BCUT2D eigenvalue weighted by molar-refractivity contribution is 0.0892. The van der Waals surface area contributed by atoms with E-state index >= 15 is 0 Å². The number of aryl methyl sites for hydroxylation is 2. The standard InChI is InChI=1S/C20H27BF2N6O/c1-2-28-11-13(10-24-28)19(30)26-15-8-6-14(7-9-15)25-17-4-3-5-18-27-16(12-29(17)18)20(21,22)23/h4,10-12,14-15,25H,2-3,5-9,21H2,1H3,(H,26,30). The Kier molecular flexibility index (Phi) is 5.66. The fraction of sp³-hybridized carbons (Fsp3) is 0.550. The summed E-state index contributed by atoms with van der Waals surface area (Å²) < 4.78 is 30.8. The van der Waals surface area contributed by atoms with Gasteiger partial charge in [0.2, 0.25) is 13.7 Å². The first-order valence-corrected chi connectivity index (χ1v) is 10.6. The highest BCUT2D eigenvalue weighted by Crippen LogP contribution is 2.28. The van der Waals surface area contributed by atoms with Crippen LogP contribution in [0.25, 0.3) is 5.82 Å². The van der Waals surface area contributed by atoms with Gasteiger partial charge < -0.3 is 10.6 Å². The van der Waals surface area contributed by atoms with Crippen LogP contribution in [0.3, 0.4) is 0 Å². The summed E-state index contributed by atoms with van der Waals surface area (Å²) in [6.07, 6.45) is 11.8. The van der Waals surface area contributed by atoms with Gasteiger partial charge in [0.25, 0.3) is 5.91 Å². The van der Waals surface area contributed by atoms with Crippen molar-refractivity contribution in [3.63, 3.8) is 0 Å². The third kappa shape index (κ3) is 4.42. The normalized spacial score (nSPS) is 21.6. The van der Waals surface area contributed by atoms with Gasteiger partial charge in [-0.2, -0.15) is 5.10 Å². The molecule has 4 rings (SSSR count). The molecule has 0 atom stereocenters. The summed E-state index contributed by atoms with van der Waals surface area (Å²) in [5.41, 5.74) is 0.394. The minimum atomic E-state index is -2.95. The van der Waals surface area contributed by atoms with Gasteiger partial charge in [0, 0.05) is 37.4 Å². The third-order valence-corrected chi connectivity index (χ3v) is 5.83. The average molecular weight is 416 g/mol. The van der Waals surface area contributed by atoms with Crippen LogP contribution in [0.2, 0.25) is 0 Å². The number of carbonyl (C=O) groups excluding carboxylic acids is 1. The molecule has 2 aromatic heterocycles. The molecule has 0 aromatic carbocycles. The number of allylic oxidation sites excluding steroid dienone is 1. The minimum Gasteiger partial charge on any atom is -0.369 e. The maximum atomic E-state index is 13.7. The largest absolute Gasteiger partial charge is 0.369 e. The smallest absolute Gasteiger partial charge is 0.254 e. The highest BCUT2D eigenvalue weighted by molar-refractivity contribution is 6.13. The second-order valence-corrected chi connectivity index (χ2v) is 8.18. The van der Waals surface area contributed by atoms with Gasteiger partial charge in [0.1, 0.15) is 17.3 Å². The molecule has 30 heavy (non-hydrogen) atoms. The quantitative estimate of drug-likeness (QED) is 0.705. The fourth-order valence-electron chi connectivity index (χ4n) is 4.09. The van der Waals surface area contributed by atoms with Gasteiger partial charge in [-0.1, -0.05) is 0 Å². The molecule has 10 heteroatoms. The zero-order valence-corrected chi connectivity index (χ0v) is 17.4. The maximum absolute atomic E-state index is 13.7. The van der Waals surface area contributed by atoms with E-state index in [-0.39, 0.29) is 23.7 Å². The number of hydrogen-bond donors (Lipinski definition) is 2. The molecule has 2 aromatic rings. The molecule has 2 aliphatic rings. The molecule has 0 spiro atoms. The third-order valence-electron chi connectivity index (χ3n) is 5.83. The molecule has 1 amide bonds. The number of fused-ring (bicyclic) bond motifs is 1. The number of nitrogens with zero attached hydrogens (tertiary/aromatic N) is 4. The summed E-state index contributed by atoms with van der Waals surface area (Å²) in [6, 6.07) is 0.376. The summed E-state index contributed by atoms with van der Waals surface area (Å²) in [4.78, 5) is 16.5. The first-order valence-electron chi connectivity index (χ1n) is 10.6. The van der Waals surface area contributed by atoms with Crippen molar-refractivity contribution in [2.75, 3.05) is 0 Å². The predicted molar refractivity (Wildman–Crippen MR) is 112 cm³/mol. The molecule has 3 heterocycles. The van der Waals surface area contributed by atoms with Crippen molar-refractivity contribution >= 4 is 19.6 Å². The van der Waals surface area contributed by atoms with E-state index in [4.69, 9.17) is 0 Å². The Balaban J connectivity index is 1.32. The Morgan fingerprint density at radius 2 is 2.00 bits per heavy atom. The molecule has 1 aliphatic carbocycles. The molecule has 1 aliphatic heterocycles. The van der Waals surface area contributed by atoms with E-state index in [1.807, 2.05) is 13.0 Å². The van der Waals surface area contributed by atoms with E-state index in [0.29, 0.717) is 17.8 Å². The highest BCUT2D eigenvalue weighted by Gasteiger charge is 2.30. The van der Waals surface area contributed by atoms with Crippen molar-refractivity contribution in [2.45, 2.75) is 69.9 Å². The second kappa shape index (κ2) is 8.24. The summed E-state index contributed by atoms with van der Waals surface area (Å²) in [5, 5.41) is 10.8. The number of carbonyl (C=O) groups is 1. The topological polar surface area (TPSA) is 76.8 Å². The van der Waals surface area contributed by atoms with E-state index in [0.717, 1.165) is 52.3 Å². The summed E-state index contributed by atoms with van der Waals surface area (Å²) in [6.45, 7) is 2.71. The lowest BCUT2D eigenvalue weighted by atomic mass is 9.91. The zero-order chi connectivity index (χ0) is 21.3. The van der Waals surface area contributed by atoms with Gasteiger partial charge >= 0.3 is 0 Å². The zero-order valence-electron chi connectivity index (χ0n) is 17.4. The van der Waals surface area contributed by atoms with E-state index in [2.05, 4.69) is 20.7 Å². The van der Waals surface area contributed by atoms with Crippen molar-refractivity contribution in [2.24, 2.45) is 0 Å². The number of aromatic nitrogens is 4. The first-order chi connectivity index (χ1) is 14.3. The van der Waals surface area contributed by atoms with Gasteiger partial charge in [-0.25, -0.2) is 13.8 Å². The van der Waals surface area contributed by atoms with Crippen LogP contribution in [0.15, 0.2) is 24.7 Å². The molecule has 0 unspecified atom stereocenters. The summed E-state index contributed by atoms with van der Waals surface area (Å²) in [7, 11) is 0.876. The Labute approximate surface area is 175 Å². The Hall–Kier alpha value is -2.65. The number of imidazole rings is 1. The number of halogens is 2. The van der Waals surface area contributed by atoms with Crippen LogP contribution in [0.4, 0.5) is 8.78 Å². The van der Waals surface area contributed by atoms with Crippen LogP contribution in [0.5, 0.6) is 0 Å². The van der Waals surface area contributed by atoms with Crippen LogP contribution >= 0.6 is 0 Å². The first kappa shape index (κ1) is 20.6. The minimum absolute atomic E-state index is 0.0859. The Morgan fingerprint density at radius 1 is 1.27 bits per heavy atom. The molecule has 2 N–H and O–H groups in total. The van der Waals surface area contributed by atoms with E-state index in [1.165, 1.54) is 6.20 Å². The Morgan fingerprint density at radius 3 is 2.67 bits per heavy atom. The maximum Gasteiger partial charge on any atom is 0.254 e. The lowest BCUT2D eigenvalue weighted by Gasteiger charge is -2.32. The van der Waals surface area contributed by atoms with Crippen LogP contribution in [0, 0.1) is 0 Å². The molecule has 1 fully saturated rings. The Bertz CT molecular complexity index is 939. The fourth-order valence-corrected chi connectivity index (χ4v) is 4.09. The molecule has 7 nitrogen and oxygen atoms in total. The number of alkyl halides is 2. The van der Waals surface area contributed by atoms with Crippen molar-refractivity contribution in [3.8, 4) is 0 Å². The van der Waals surface area contributed by atoms with E-state index < -0.39 is 5.82 Å². The van der Waals surface area contributed by atoms with Gasteiger partial charge in [-0.3, -0.25) is 14.0 Å². The van der Waals surface area contributed by atoms with Gasteiger partial charge in [0.05, 0.1) is 11.8 Å². The van der Waals surface area contributed by atoms with Gasteiger partial charge in [-0.05, 0) is 45.1 Å². The predicted octanol–water partition coefficient (Wildman–Crippen LogP) is 1.86. The van der Waals surface area contributed by atoms with Crippen molar-refractivity contribution in [1.29, 1.82) is 0 Å². The van der Waals surface area contributed by atoms with Gasteiger partial charge in [0.15, 0.2) is 0 Å². The van der Waals surface area contributed by atoms with Crippen LogP contribution < -0.4 is 10.6 Å². The molecular formula is C20H27BF2N6O. The van der Waals surface area contributed by atoms with Crippen molar-refractivity contribution < 1.29 is 13.6 Å². The summed E-state index contributed by atoms with van der Waals surface area (Å²) >= 11 is 0. The highest BCUT2D eigenvalue weighted by atomic mass is 19.3. The number of rotatable bonds is 6. The van der Waals surface area contributed by atoms with Crippen LogP contribution in [-0.2, 0) is 18.8 Å². The lowest BCUT2D eigenvalue weighted by Crippen LogP contribution is -2.42. The molecular weight excluding hydrogens is 389 g/mol. The van der Waals surface area contributed by atoms with Gasteiger partial charge in [-0.15, -0.1) is 0 Å². The van der Waals surface area contributed by atoms with Crippen LogP contribution in [-0.4, -0.2) is 45.2 Å². The number of hydrogen-bond acceptors (Lipinski definition) is 4. The monoisotopic (exact) mass is 416 g/mol. The molecule has 1 saturated carbocycles. The molecule has 0 radical (unpaired) electrons.